The van der Waals surface area contributed by atoms with Gasteiger partial charge in [0.05, 0.1) is 31.0 Å². The van der Waals surface area contributed by atoms with Crippen LogP contribution in [0.5, 0.6) is 0 Å². The van der Waals surface area contributed by atoms with Crippen molar-refractivity contribution >= 4 is 11.5 Å². The number of fused-ring (bicyclic) bond motifs is 1. The van der Waals surface area contributed by atoms with E-state index in [9.17, 15) is 4.79 Å². The second-order valence-electron chi connectivity index (χ2n) is 5.51. The zero-order chi connectivity index (χ0) is 15.6. The number of allylic oxidation sites excluding steroid dienone is 2. The summed E-state index contributed by atoms with van der Waals surface area (Å²) in [5.41, 5.74) is 1.26. The summed E-state index contributed by atoms with van der Waals surface area (Å²) in [6, 6.07) is 9.59. The molecule has 0 aromatic heterocycles. The van der Waals surface area contributed by atoms with Gasteiger partial charge < -0.3 is 9.47 Å². The van der Waals surface area contributed by atoms with Gasteiger partial charge in [-0.3, -0.25) is 0 Å². The van der Waals surface area contributed by atoms with Crippen molar-refractivity contribution in [3.63, 3.8) is 0 Å². The summed E-state index contributed by atoms with van der Waals surface area (Å²) < 4.78 is 10.4. The average Bonchev–Trinajstić information content (AvgIpc) is 3.20. The summed E-state index contributed by atoms with van der Waals surface area (Å²) in [7, 11) is 1.41. The summed E-state index contributed by atoms with van der Waals surface area (Å²) >= 11 is 0. The maximum Gasteiger partial charge on any atom is 0.338 e. The maximum absolute atomic E-state index is 12.2. The molecule has 0 spiro atoms. The van der Waals surface area contributed by atoms with Gasteiger partial charge in [-0.25, -0.2) is 4.79 Å². The molecule has 1 aliphatic heterocycles. The number of benzene rings is 1. The molecule has 1 heterocycles. The highest BCUT2D eigenvalue weighted by atomic mass is 16.5. The van der Waals surface area contributed by atoms with Crippen molar-refractivity contribution in [2.45, 2.75) is 6.92 Å². The third-order valence-corrected chi connectivity index (χ3v) is 4.38. The Morgan fingerprint density at radius 3 is 2.86 bits per heavy atom. The number of rotatable bonds is 3. The Bertz CT molecular complexity index is 690. The van der Waals surface area contributed by atoms with E-state index in [-0.39, 0.29) is 17.3 Å². The Hall–Kier alpha value is -2.47. The Labute approximate surface area is 130 Å². The fourth-order valence-corrected chi connectivity index (χ4v) is 3.19. The number of carbonyl (C=O) groups is 1. The minimum atomic E-state index is -0.320. The zero-order valence-electron chi connectivity index (χ0n) is 12.7. The predicted molar refractivity (Wildman–Crippen MR) is 84.4 cm³/mol. The summed E-state index contributed by atoms with van der Waals surface area (Å²) in [6.07, 6.45) is 5.73. The van der Waals surface area contributed by atoms with E-state index in [1.807, 2.05) is 49.4 Å². The molecular weight excluding hydrogens is 276 g/mol. The standard InChI is InChI=1S/C19H18O3/c1-3-9-19-10-11-22-13-17(19)16(19)12-15(18(20)21-2)14-7-5-4-6-8-14/h4-8,10-12,16-17H,13H2,1-2H3/b15-12+/t16-,17-,19+/m1/s1. The van der Waals surface area contributed by atoms with Gasteiger partial charge in [-0.2, -0.15) is 0 Å². The Kier molecular flexibility index (Phi) is 3.77. The Morgan fingerprint density at radius 1 is 1.41 bits per heavy atom. The maximum atomic E-state index is 12.2. The van der Waals surface area contributed by atoms with Crippen LogP contribution in [-0.4, -0.2) is 19.7 Å². The number of ether oxygens (including phenoxy) is 2. The van der Waals surface area contributed by atoms with Gasteiger partial charge in [0.1, 0.15) is 0 Å². The van der Waals surface area contributed by atoms with Gasteiger partial charge in [-0.05, 0) is 18.6 Å². The lowest BCUT2D eigenvalue weighted by atomic mass is 9.99. The van der Waals surface area contributed by atoms with Crippen molar-refractivity contribution in [3.05, 3.63) is 54.3 Å². The molecule has 0 radical (unpaired) electrons. The van der Waals surface area contributed by atoms with Crippen molar-refractivity contribution in [2.24, 2.45) is 17.3 Å². The molecular formula is C19H18O3. The molecule has 2 aliphatic rings. The van der Waals surface area contributed by atoms with E-state index < -0.39 is 0 Å². The highest BCUT2D eigenvalue weighted by Crippen LogP contribution is 2.62. The molecule has 1 aliphatic carbocycles. The number of hydrogen-bond donors (Lipinski definition) is 0. The molecule has 0 N–H and O–H groups in total. The van der Waals surface area contributed by atoms with Crippen LogP contribution in [0.25, 0.3) is 5.57 Å². The molecule has 0 saturated heterocycles. The lowest BCUT2D eigenvalue weighted by Crippen LogP contribution is -2.06. The predicted octanol–water partition coefficient (Wildman–Crippen LogP) is 3.04. The number of carbonyl (C=O) groups excluding carboxylic acids is 1. The van der Waals surface area contributed by atoms with E-state index in [2.05, 4.69) is 11.8 Å². The summed E-state index contributed by atoms with van der Waals surface area (Å²) in [4.78, 5) is 12.2. The van der Waals surface area contributed by atoms with Crippen LogP contribution < -0.4 is 0 Å². The lowest BCUT2D eigenvalue weighted by Gasteiger charge is -2.10. The molecule has 0 unspecified atom stereocenters. The van der Waals surface area contributed by atoms with Crippen molar-refractivity contribution in [1.82, 2.24) is 0 Å². The Morgan fingerprint density at radius 2 is 2.18 bits per heavy atom. The van der Waals surface area contributed by atoms with E-state index in [1.54, 1.807) is 6.26 Å². The topological polar surface area (TPSA) is 35.5 Å². The van der Waals surface area contributed by atoms with E-state index >= 15 is 0 Å². The molecule has 0 amide bonds. The fraction of sp³-hybridized carbons (Fsp3) is 0.316. The molecule has 3 atom stereocenters. The largest absolute Gasteiger partial charge is 0.501 e. The average molecular weight is 294 g/mol. The van der Waals surface area contributed by atoms with Crippen LogP contribution in [0.2, 0.25) is 0 Å². The number of esters is 1. The quantitative estimate of drug-likeness (QED) is 0.488. The smallest absolute Gasteiger partial charge is 0.338 e. The second kappa shape index (κ2) is 5.73. The minimum Gasteiger partial charge on any atom is -0.501 e. The van der Waals surface area contributed by atoms with Gasteiger partial charge in [0.25, 0.3) is 0 Å². The van der Waals surface area contributed by atoms with Crippen LogP contribution in [0.3, 0.4) is 0 Å². The van der Waals surface area contributed by atoms with Gasteiger partial charge in [0.15, 0.2) is 0 Å². The highest BCUT2D eigenvalue weighted by Gasteiger charge is 2.63. The normalized spacial score (nSPS) is 28.7. The SMILES string of the molecule is CC#C[C@@]12C=COC[C@@H]1[C@H]2/C=C(/C(=O)OC)c1ccccc1. The first-order chi connectivity index (χ1) is 10.7. The summed E-state index contributed by atoms with van der Waals surface area (Å²) in [5.74, 6) is 6.44. The first kappa shape index (κ1) is 14.5. The molecule has 0 bridgehead atoms. The first-order valence-corrected chi connectivity index (χ1v) is 7.31. The monoisotopic (exact) mass is 294 g/mol. The first-order valence-electron chi connectivity index (χ1n) is 7.31. The zero-order valence-corrected chi connectivity index (χ0v) is 12.7. The van der Waals surface area contributed by atoms with Crippen LogP contribution in [0.15, 0.2) is 48.7 Å². The summed E-state index contributed by atoms with van der Waals surface area (Å²) in [6.45, 7) is 2.47. The molecule has 3 nitrogen and oxygen atoms in total. The van der Waals surface area contributed by atoms with Gasteiger partial charge in [-0.1, -0.05) is 42.3 Å². The summed E-state index contributed by atoms with van der Waals surface area (Å²) in [5, 5.41) is 0. The van der Waals surface area contributed by atoms with E-state index in [4.69, 9.17) is 9.47 Å². The van der Waals surface area contributed by atoms with Crippen LogP contribution in [0.1, 0.15) is 12.5 Å². The number of methoxy groups -OCH3 is 1. The van der Waals surface area contributed by atoms with Crippen LogP contribution in [0.4, 0.5) is 0 Å². The van der Waals surface area contributed by atoms with Crippen molar-refractivity contribution in [3.8, 4) is 11.8 Å². The Balaban J connectivity index is 1.99. The molecule has 1 aromatic carbocycles. The molecule has 22 heavy (non-hydrogen) atoms. The lowest BCUT2D eigenvalue weighted by molar-refractivity contribution is -0.133. The van der Waals surface area contributed by atoms with Gasteiger partial charge in [0, 0.05) is 11.8 Å². The van der Waals surface area contributed by atoms with E-state index in [0.717, 1.165) is 5.56 Å². The van der Waals surface area contributed by atoms with Gasteiger partial charge in [-0.15, -0.1) is 5.92 Å². The van der Waals surface area contributed by atoms with Crippen molar-refractivity contribution < 1.29 is 14.3 Å². The third-order valence-electron chi connectivity index (χ3n) is 4.38. The van der Waals surface area contributed by atoms with Crippen LogP contribution in [0, 0.1) is 29.1 Å². The highest BCUT2D eigenvalue weighted by molar-refractivity contribution is 6.16. The fourth-order valence-electron chi connectivity index (χ4n) is 3.19. The second-order valence-corrected chi connectivity index (χ2v) is 5.51. The van der Waals surface area contributed by atoms with Crippen molar-refractivity contribution in [2.75, 3.05) is 13.7 Å². The molecule has 3 heteroatoms. The molecule has 1 fully saturated rings. The van der Waals surface area contributed by atoms with Crippen molar-refractivity contribution in [1.29, 1.82) is 0 Å². The molecule has 3 rings (SSSR count). The minimum absolute atomic E-state index is 0.174. The van der Waals surface area contributed by atoms with Gasteiger partial charge >= 0.3 is 5.97 Å². The van der Waals surface area contributed by atoms with Crippen LogP contribution >= 0.6 is 0 Å². The van der Waals surface area contributed by atoms with Gasteiger partial charge in [0.2, 0.25) is 0 Å². The van der Waals surface area contributed by atoms with Crippen LogP contribution in [-0.2, 0) is 14.3 Å². The number of hydrogen-bond acceptors (Lipinski definition) is 3. The van der Waals surface area contributed by atoms with E-state index in [1.165, 1.54) is 7.11 Å². The molecule has 1 aromatic rings. The molecule has 112 valence electrons. The molecule has 1 saturated carbocycles. The third kappa shape index (κ3) is 2.31. The van der Waals surface area contributed by atoms with E-state index in [0.29, 0.717) is 18.1 Å².